The first-order chi connectivity index (χ1) is 8.09. The smallest absolute Gasteiger partial charge is 0.169 e. The first kappa shape index (κ1) is 10.7. The third kappa shape index (κ3) is 1.80. The van der Waals surface area contributed by atoms with Gasteiger partial charge in [-0.2, -0.15) is 0 Å². The number of fused-ring (bicyclic) bond motifs is 1. The molecule has 17 heavy (non-hydrogen) atoms. The Labute approximate surface area is 97.6 Å². The summed E-state index contributed by atoms with van der Waals surface area (Å²) < 4.78 is 24.2. The van der Waals surface area contributed by atoms with E-state index < -0.39 is 17.2 Å². The van der Waals surface area contributed by atoms with Crippen LogP contribution in [0.2, 0.25) is 0 Å². The minimum Gasteiger partial charge on any atom is -0.505 e. The van der Waals surface area contributed by atoms with Crippen molar-refractivity contribution in [1.29, 1.82) is 0 Å². The van der Waals surface area contributed by atoms with Crippen molar-refractivity contribution >= 4 is 0 Å². The number of rotatable bonds is 2. The predicted octanol–water partition coefficient (Wildman–Crippen LogP) is 1.37. The van der Waals surface area contributed by atoms with Crippen LogP contribution in [0.1, 0.15) is 18.4 Å². The third-order valence-corrected chi connectivity index (χ3v) is 3.19. The molecular weight excluding hydrogens is 227 g/mol. The second-order valence-electron chi connectivity index (χ2n) is 4.61. The lowest BCUT2D eigenvalue weighted by Crippen LogP contribution is -2.19. The molecule has 1 saturated carbocycles. The van der Waals surface area contributed by atoms with E-state index in [2.05, 4.69) is 0 Å². The van der Waals surface area contributed by atoms with Gasteiger partial charge in [0.2, 0.25) is 0 Å². The molecule has 1 aromatic rings. The molecule has 1 aromatic carbocycles. The number of aliphatic hydroxyl groups is 1. The molecular formula is C12H13FO4. The number of ether oxygens (including phenoxy) is 2. The summed E-state index contributed by atoms with van der Waals surface area (Å²) in [5.74, 6) is -0.538. The van der Waals surface area contributed by atoms with E-state index in [1.165, 1.54) is 0 Å². The van der Waals surface area contributed by atoms with Crippen LogP contribution in [0.3, 0.4) is 0 Å². The molecule has 4 nitrogen and oxygen atoms in total. The SMILES string of the molecule is Oc1c(F)cc2c(c1CC1(O)CC1)OCCO2. The standard InChI is InChI=1S/C12H13FO4/c13-8-5-9-11(17-4-3-16-9)7(10(8)14)6-12(15)1-2-12/h5,14-15H,1-4,6H2. The number of hydrogen-bond donors (Lipinski definition) is 2. The van der Waals surface area contributed by atoms with E-state index in [0.717, 1.165) is 6.07 Å². The second kappa shape index (κ2) is 3.50. The fourth-order valence-electron chi connectivity index (χ4n) is 2.02. The van der Waals surface area contributed by atoms with Crippen LogP contribution in [-0.4, -0.2) is 29.0 Å². The summed E-state index contributed by atoms with van der Waals surface area (Å²) in [7, 11) is 0. The Morgan fingerprint density at radius 1 is 1.29 bits per heavy atom. The van der Waals surface area contributed by atoms with E-state index in [1.807, 2.05) is 0 Å². The van der Waals surface area contributed by atoms with Gasteiger partial charge in [0.1, 0.15) is 13.2 Å². The molecule has 0 atom stereocenters. The minimum atomic E-state index is -0.820. The Morgan fingerprint density at radius 3 is 2.71 bits per heavy atom. The Balaban J connectivity index is 2.06. The lowest BCUT2D eigenvalue weighted by Gasteiger charge is -2.23. The Morgan fingerprint density at radius 2 is 2.00 bits per heavy atom. The van der Waals surface area contributed by atoms with Crippen LogP contribution in [0, 0.1) is 5.82 Å². The Bertz CT molecular complexity index is 468. The van der Waals surface area contributed by atoms with Gasteiger partial charge in [0.05, 0.1) is 5.60 Å². The zero-order valence-electron chi connectivity index (χ0n) is 9.20. The molecule has 1 aliphatic carbocycles. The monoisotopic (exact) mass is 240 g/mol. The van der Waals surface area contributed by atoms with Crippen molar-refractivity contribution in [1.82, 2.24) is 0 Å². The van der Waals surface area contributed by atoms with Crippen LogP contribution in [0.5, 0.6) is 17.2 Å². The van der Waals surface area contributed by atoms with E-state index in [-0.39, 0.29) is 6.42 Å². The molecule has 3 rings (SSSR count). The van der Waals surface area contributed by atoms with Gasteiger partial charge < -0.3 is 19.7 Å². The molecule has 2 N–H and O–H groups in total. The number of phenols is 1. The summed E-state index contributed by atoms with van der Waals surface area (Å²) in [6.45, 7) is 0.727. The molecule has 0 radical (unpaired) electrons. The van der Waals surface area contributed by atoms with Crippen molar-refractivity contribution in [3.63, 3.8) is 0 Å². The minimum absolute atomic E-state index is 0.197. The van der Waals surface area contributed by atoms with Crippen molar-refractivity contribution in [2.24, 2.45) is 0 Å². The van der Waals surface area contributed by atoms with Crippen LogP contribution in [0.25, 0.3) is 0 Å². The molecule has 0 saturated heterocycles. The number of benzene rings is 1. The quantitative estimate of drug-likeness (QED) is 0.819. The predicted molar refractivity (Wildman–Crippen MR) is 56.9 cm³/mol. The van der Waals surface area contributed by atoms with Gasteiger partial charge in [0.25, 0.3) is 0 Å². The summed E-state index contributed by atoms with van der Waals surface area (Å²) >= 11 is 0. The maximum absolute atomic E-state index is 13.5. The van der Waals surface area contributed by atoms with E-state index in [0.29, 0.717) is 43.1 Å². The summed E-state index contributed by atoms with van der Waals surface area (Å²) in [5.41, 5.74) is -0.514. The highest BCUT2D eigenvalue weighted by Crippen LogP contribution is 2.47. The number of aromatic hydroxyl groups is 1. The molecule has 0 amide bonds. The average molecular weight is 240 g/mol. The molecule has 2 aliphatic rings. The molecule has 92 valence electrons. The van der Waals surface area contributed by atoms with Gasteiger partial charge in [0.15, 0.2) is 23.1 Å². The first-order valence-electron chi connectivity index (χ1n) is 5.61. The maximum Gasteiger partial charge on any atom is 0.169 e. The zero-order valence-corrected chi connectivity index (χ0v) is 9.20. The van der Waals surface area contributed by atoms with Gasteiger partial charge in [-0.05, 0) is 12.8 Å². The molecule has 1 heterocycles. The fourth-order valence-corrected chi connectivity index (χ4v) is 2.02. The van der Waals surface area contributed by atoms with E-state index >= 15 is 0 Å². The van der Waals surface area contributed by atoms with Gasteiger partial charge in [0, 0.05) is 18.1 Å². The first-order valence-corrected chi connectivity index (χ1v) is 5.61. The van der Waals surface area contributed by atoms with Gasteiger partial charge >= 0.3 is 0 Å². The number of hydrogen-bond acceptors (Lipinski definition) is 4. The molecule has 1 aliphatic heterocycles. The van der Waals surface area contributed by atoms with Crippen molar-refractivity contribution in [2.75, 3.05) is 13.2 Å². The third-order valence-electron chi connectivity index (χ3n) is 3.19. The van der Waals surface area contributed by atoms with Crippen molar-refractivity contribution in [3.05, 3.63) is 17.4 Å². The molecule has 0 aromatic heterocycles. The van der Waals surface area contributed by atoms with E-state index in [9.17, 15) is 14.6 Å². The molecule has 0 spiro atoms. The summed E-state index contributed by atoms with van der Waals surface area (Å²) in [4.78, 5) is 0. The lowest BCUT2D eigenvalue weighted by molar-refractivity contribution is 0.141. The summed E-state index contributed by atoms with van der Waals surface area (Å²) in [6.07, 6.45) is 1.53. The van der Waals surface area contributed by atoms with Crippen molar-refractivity contribution in [3.8, 4) is 17.2 Å². The summed E-state index contributed by atoms with van der Waals surface area (Å²) in [6, 6.07) is 1.12. The second-order valence-corrected chi connectivity index (χ2v) is 4.61. The fraction of sp³-hybridized carbons (Fsp3) is 0.500. The Kier molecular flexibility index (Phi) is 2.19. The van der Waals surface area contributed by atoms with Crippen LogP contribution in [-0.2, 0) is 6.42 Å². The van der Waals surface area contributed by atoms with E-state index in [1.54, 1.807) is 0 Å². The highest BCUT2D eigenvalue weighted by atomic mass is 19.1. The van der Waals surface area contributed by atoms with Gasteiger partial charge in [-0.15, -0.1) is 0 Å². The Hall–Kier alpha value is -1.49. The summed E-state index contributed by atoms with van der Waals surface area (Å²) in [5, 5.41) is 19.6. The normalized spacial score (nSPS) is 20.1. The van der Waals surface area contributed by atoms with Crippen LogP contribution in [0.15, 0.2) is 6.07 Å². The van der Waals surface area contributed by atoms with Crippen LogP contribution < -0.4 is 9.47 Å². The number of phenolic OH excluding ortho intramolecular Hbond substituents is 1. The molecule has 5 heteroatoms. The maximum atomic E-state index is 13.5. The van der Waals surface area contributed by atoms with E-state index in [4.69, 9.17) is 9.47 Å². The number of halogens is 1. The van der Waals surface area contributed by atoms with Gasteiger partial charge in [-0.1, -0.05) is 0 Å². The topological polar surface area (TPSA) is 58.9 Å². The van der Waals surface area contributed by atoms with Gasteiger partial charge in [-0.3, -0.25) is 0 Å². The molecule has 0 unspecified atom stereocenters. The molecule has 1 fully saturated rings. The zero-order chi connectivity index (χ0) is 12.0. The highest BCUT2D eigenvalue weighted by molar-refractivity contribution is 5.55. The van der Waals surface area contributed by atoms with Crippen LogP contribution >= 0.6 is 0 Å². The largest absolute Gasteiger partial charge is 0.505 e. The highest BCUT2D eigenvalue weighted by Gasteiger charge is 2.42. The van der Waals surface area contributed by atoms with Gasteiger partial charge in [-0.25, -0.2) is 4.39 Å². The molecule has 0 bridgehead atoms. The van der Waals surface area contributed by atoms with Crippen LogP contribution in [0.4, 0.5) is 4.39 Å². The lowest BCUT2D eigenvalue weighted by atomic mass is 10.0. The van der Waals surface area contributed by atoms with Crippen molar-refractivity contribution in [2.45, 2.75) is 24.9 Å². The average Bonchev–Trinajstić information content (AvgIpc) is 3.03. The van der Waals surface area contributed by atoms with Crippen molar-refractivity contribution < 1.29 is 24.1 Å².